The minimum absolute atomic E-state index is 0. The SMILES string of the molecule is CC(N)C1CCN(Cc2cccc([N+](=O)[O-])c2)C1.Cl. The minimum atomic E-state index is -0.349. The van der Waals surface area contributed by atoms with E-state index in [1.54, 1.807) is 12.1 Å². The van der Waals surface area contributed by atoms with Crippen molar-refractivity contribution in [1.82, 2.24) is 4.90 Å². The van der Waals surface area contributed by atoms with Crippen LogP contribution >= 0.6 is 12.4 Å². The second-order valence-electron chi connectivity index (χ2n) is 5.07. The lowest BCUT2D eigenvalue weighted by Crippen LogP contribution is -2.29. The molecule has 5 nitrogen and oxygen atoms in total. The summed E-state index contributed by atoms with van der Waals surface area (Å²) in [6.45, 7) is 4.82. The van der Waals surface area contributed by atoms with Crippen molar-refractivity contribution in [1.29, 1.82) is 0 Å². The molecular formula is C13H20ClN3O2. The fraction of sp³-hybridized carbons (Fsp3) is 0.538. The largest absolute Gasteiger partial charge is 0.328 e. The van der Waals surface area contributed by atoms with Gasteiger partial charge in [-0.25, -0.2) is 0 Å². The molecule has 1 fully saturated rings. The molecule has 0 radical (unpaired) electrons. The Labute approximate surface area is 119 Å². The van der Waals surface area contributed by atoms with Gasteiger partial charge in [0.15, 0.2) is 0 Å². The van der Waals surface area contributed by atoms with Crippen LogP contribution < -0.4 is 5.73 Å². The molecule has 2 N–H and O–H groups in total. The smallest absolute Gasteiger partial charge is 0.269 e. The van der Waals surface area contributed by atoms with Gasteiger partial charge < -0.3 is 5.73 Å². The highest BCUT2D eigenvalue weighted by molar-refractivity contribution is 5.85. The molecule has 0 aromatic heterocycles. The number of non-ortho nitro benzene ring substituents is 1. The Hall–Kier alpha value is -1.17. The molecular weight excluding hydrogens is 266 g/mol. The number of hydrogen-bond acceptors (Lipinski definition) is 4. The molecule has 106 valence electrons. The Morgan fingerprint density at radius 2 is 2.32 bits per heavy atom. The summed E-state index contributed by atoms with van der Waals surface area (Å²) < 4.78 is 0. The van der Waals surface area contributed by atoms with Crippen LogP contribution in [0.5, 0.6) is 0 Å². The highest BCUT2D eigenvalue weighted by atomic mass is 35.5. The third-order valence-electron chi connectivity index (χ3n) is 3.58. The molecule has 1 aliphatic heterocycles. The van der Waals surface area contributed by atoms with E-state index >= 15 is 0 Å². The zero-order valence-corrected chi connectivity index (χ0v) is 11.8. The first-order valence-electron chi connectivity index (χ1n) is 6.27. The fourth-order valence-electron chi connectivity index (χ4n) is 2.46. The topological polar surface area (TPSA) is 72.4 Å². The predicted molar refractivity (Wildman–Crippen MR) is 77.4 cm³/mol. The number of nitro groups is 1. The van der Waals surface area contributed by atoms with Gasteiger partial charge >= 0.3 is 0 Å². The Morgan fingerprint density at radius 1 is 1.58 bits per heavy atom. The first kappa shape index (κ1) is 15.9. The monoisotopic (exact) mass is 285 g/mol. The molecule has 1 saturated heterocycles. The van der Waals surface area contributed by atoms with Gasteiger partial charge in [-0.15, -0.1) is 12.4 Å². The van der Waals surface area contributed by atoms with E-state index in [9.17, 15) is 10.1 Å². The molecule has 1 aliphatic rings. The van der Waals surface area contributed by atoms with Gasteiger partial charge in [0.05, 0.1) is 4.92 Å². The Bertz CT molecular complexity index is 440. The predicted octanol–water partition coefficient (Wildman–Crippen LogP) is 2.19. The summed E-state index contributed by atoms with van der Waals surface area (Å²) in [4.78, 5) is 12.7. The Morgan fingerprint density at radius 3 is 2.89 bits per heavy atom. The second-order valence-corrected chi connectivity index (χ2v) is 5.07. The van der Waals surface area contributed by atoms with Crippen LogP contribution in [0.4, 0.5) is 5.69 Å². The van der Waals surface area contributed by atoms with Crippen LogP contribution in [0, 0.1) is 16.0 Å². The summed E-state index contributed by atoms with van der Waals surface area (Å²) in [6, 6.07) is 7.08. The van der Waals surface area contributed by atoms with E-state index in [1.807, 2.05) is 13.0 Å². The molecule has 2 rings (SSSR count). The van der Waals surface area contributed by atoms with E-state index in [2.05, 4.69) is 4.90 Å². The third-order valence-corrected chi connectivity index (χ3v) is 3.58. The van der Waals surface area contributed by atoms with Gasteiger partial charge in [0.2, 0.25) is 0 Å². The number of rotatable bonds is 4. The maximum absolute atomic E-state index is 10.7. The van der Waals surface area contributed by atoms with Crippen LogP contribution in [0.1, 0.15) is 18.9 Å². The van der Waals surface area contributed by atoms with Gasteiger partial charge in [-0.3, -0.25) is 15.0 Å². The van der Waals surface area contributed by atoms with Crippen LogP contribution in [-0.4, -0.2) is 29.0 Å². The molecule has 1 aromatic carbocycles. The average molecular weight is 286 g/mol. The van der Waals surface area contributed by atoms with E-state index in [1.165, 1.54) is 6.07 Å². The van der Waals surface area contributed by atoms with Crippen LogP contribution in [-0.2, 0) is 6.54 Å². The maximum Gasteiger partial charge on any atom is 0.269 e. The quantitative estimate of drug-likeness (QED) is 0.680. The number of nitrogens with two attached hydrogens (primary N) is 1. The molecule has 2 unspecified atom stereocenters. The molecule has 19 heavy (non-hydrogen) atoms. The zero-order chi connectivity index (χ0) is 13.1. The highest BCUT2D eigenvalue weighted by Crippen LogP contribution is 2.22. The van der Waals surface area contributed by atoms with Crippen molar-refractivity contribution in [3.8, 4) is 0 Å². The van der Waals surface area contributed by atoms with E-state index < -0.39 is 0 Å². The Balaban J connectivity index is 0.00000180. The number of nitrogens with zero attached hydrogens (tertiary/aromatic N) is 2. The molecule has 0 saturated carbocycles. The molecule has 1 heterocycles. The van der Waals surface area contributed by atoms with Gasteiger partial charge in [0.1, 0.15) is 0 Å². The van der Waals surface area contributed by atoms with Crippen molar-refractivity contribution in [2.45, 2.75) is 25.9 Å². The second kappa shape index (κ2) is 6.84. The number of halogens is 1. The van der Waals surface area contributed by atoms with E-state index in [-0.39, 0.29) is 29.1 Å². The molecule has 0 spiro atoms. The first-order valence-corrected chi connectivity index (χ1v) is 6.27. The van der Waals surface area contributed by atoms with Gasteiger partial charge in [0.25, 0.3) is 5.69 Å². The summed E-state index contributed by atoms with van der Waals surface area (Å²) in [5.41, 5.74) is 7.06. The number of benzene rings is 1. The van der Waals surface area contributed by atoms with Crippen LogP contribution in [0.25, 0.3) is 0 Å². The summed E-state index contributed by atoms with van der Waals surface area (Å²) >= 11 is 0. The van der Waals surface area contributed by atoms with Crippen molar-refractivity contribution in [3.63, 3.8) is 0 Å². The Kier molecular flexibility index (Phi) is 5.72. The van der Waals surface area contributed by atoms with Crippen molar-refractivity contribution >= 4 is 18.1 Å². The average Bonchev–Trinajstić information content (AvgIpc) is 2.78. The normalized spacial score (nSPS) is 20.8. The molecule has 0 aliphatic carbocycles. The van der Waals surface area contributed by atoms with E-state index in [4.69, 9.17) is 5.73 Å². The fourth-order valence-corrected chi connectivity index (χ4v) is 2.46. The lowest BCUT2D eigenvalue weighted by molar-refractivity contribution is -0.384. The summed E-state index contributed by atoms with van der Waals surface area (Å²) in [5.74, 6) is 0.545. The molecule has 1 aromatic rings. The van der Waals surface area contributed by atoms with Crippen LogP contribution in [0.2, 0.25) is 0 Å². The zero-order valence-electron chi connectivity index (χ0n) is 11.0. The number of hydrogen-bond donors (Lipinski definition) is 1. The first-order chi connectivity index (χ1) is 8.56. The summed E-state index contributed by atoms with van der Waals surface area (Å²) in [6.07, 6.45) is 1.12. The van der Waals surface area contributed by atoms with Gasteiger partial charge in [-0.1, -0.05) is 12.1 Å². The summed E-state index contributed by atoms with van der Waals surface area (Å²) in [5, 5.41) is 10.7. The molecule has 0 amide bonds. The van der Waals surface area contributed by atoms with Crippen molar-refractivity contribution < 1.29 is 4.92 Å². The van der Waals surface area contributed by atoms with Crippen LogP contribution in [0.3, 0.4) is 0 Å². The van der Waals surface area contributed by atoms with Gasteiger partial charge in [-0.05, 0) is 31.4 Å². The van der Waals surface area contributed by atoms with E-state index in [0.717, 1.165) is 31.6 Å². The van der Waals surface area contributed by atoms with Crippen molar-refractivity contribution in [3.05, 3.63) is 39.9 Å². The summed E-state index contributed by atoms with van der Waals surface area (Å²) in [7, 11) is 0. The van der Waals surface area contributed by atoms with Gasteiger partial charge in [-0.2, -0.15) is 0 Å². The van der Waals surface area contributed by atoms with Crippen molar-refractivity contribution in [2.75, 3.05) is 13.1 Å². The number of nitro benzene ring substituents is 1. The third kappa shape index (κ3) is 4.16. The van der Waals surface area contributed by atoms with E-state index in [0.29, 0.717) is 5.92 Å². The van der Waals surface area contributed by atoms with Gasteiger partial charge in [0, 0.05) is 31.3 Å². The lowest BCUT2D eigenvalue weighted by atomic mass is 10.0. The standard InChI is InChI=1S/C13H19N3O2.ClH/c1-10(14)12-5-6-15(9-12)8-11-3-2-4-13(7-11)16(17)18;/h2-4,7,10,12H,5-6,8-9,14H2,1H3;1H. The minimum Gasteiger partial charge on any atom is -0.328 e. The molecule has 2 atom stereocenters. The van der Waals surface area contributed by atoms with Crippen molar-refractivity contribution in [2.24, 2.45) is 11.7 Å². The van der Waals surface area contributed by atoms with Crippen LogP contribution in [0.15, 0.2) is 24.3 Å². The molecule has 6 heteroatoms. The number of likely N-dealkylation sites (tertiary alicyclic amines) is 1. The maximum atomic E-state index is 10.7. The highest BCUT2D eigenvalue weighted by Gasteiger charge is 2.25. The molecule has 0 bridgehead atoms. The lowest BCUT2D eigenvalue weighted by Gasteiger charge is -2.17.